The van der Waals surface area contributed by atoms with E-state index in [1.54, 1.807) is 30.3 Å². The number of aliphatic imine (C=N–C) groups is 1. The number of hydrogen-bond donors (Lipinski definition) is 2. The van der Waals surface area contributed by atoms with Crippen molar-refractivity contribution >= 4 is 40.4 Å². The quantitative estimate of drug-likeness (QED) is 0.248. The van der Waals surface area contributed by atoms with Crippen LogP contribution in [0, 0.1) is 0 Å². The molecule has 0 amide bonds. The summed E-state index contributed by atoms with van der Waals surface area (Å²) in [6.07, 6.45) is -4.74. The van der Waals surface area contributed by atoms with E-state index >= 15 is 0 Å². The first-order valence-corrected chi connectivity index (χ1v) is 12.3. The van der Waals surface area contributed by atoms with Crippen LogP contribution in [0.1, 0.15) is 23.9 Å². The maximum absolute atomic E-state index is 13.1. The number of amidine groups is 1. The predicted octanol–water partition coefficient (Wildman–Crippen LogP) is 7.28. The molecule has 1 aliphatic rings. The highest BCUT2D eigenvalue weighted by Crippen LogP contribution is 2.37. The van der Waals surface area contributed by atoms with Crippen molar-refractivity contribution in [1.82, 2.24) is 10.1 Å². The molecule has 13 heteroatoms. The molecule has 0 bridgehead atoms. The average Bonchev–Trinajstić information content (AvgIpc) is 3.38. The Labute approximate surface area is 230 Å². The molecule has 1 atom stereocenters. The first-order chi connectivity index (χ1) is 18.6. The Morgan fingerprint density at radius 3 is 2.62 bits per heavy atom. The molecule has 5 rings (SSSR count). The second-order valence-electron chi connectivity index (χ2n) is 8.48. The number of benzene rings is 3. The average molecular weight is 578 g/mol. The summed E-state index contributed by atoms with van der Waals surface area (Å²) in [7, 11) is 1.50. The lowest BCUT2D eigenvalue weighted by molar-refractivity contribution is -0.137. The SMILES string of the molecule is COc1cc2c(cc1OCc1noc(-c3cccc(C(F)(F)F)c3)n1)NC(C)N=C2Nc1ccc(Cl)c(Cl)c1. The molecule has 0 saturated carbocycles. The zero-order chi connectivity index (χ0) is 27.7. The number of nitrogens with zero attached hydrogens (tertiary/aromatic N) is 3. The Hall–Kier alpha value is -3.96. The summed E-state index contributed by atoms with van der Waals surface area (Å²) in [5, 5.41) is 11.2. The molecule has 8 nitrogen and oxygen atoms in total. The van der Waals surface area contributed by atoms with E-state index in [9.17, 15) is 13.2 Å². The molecular weight excluding hydrogens is 558 g/mol. The van der Waals surface area contributed by atoms with Gasteiger partial charge in [-0.1, -0.05) is 34.4 Å². The van der Waals surface area contributed by atoms with Crippen molar-refractivity contribution in [3.8, 4) is 23.0 Å². The molecule has 3 aromatic carbocycles. The fourth-order valence-corrected chi connectivity index (χ4v) is 4.18. The second-order valence-corrected chi connectivity index (χ2v) is 9.30. The van der Waals surface area contributed by atoms with Gasteiger partial charge in [0.05, 0.1) is 28.4 Å². The van der Waals surface area contributed by atoms with E-state index in [2.05, 4.69) is 25.8 Å². The Bertz CT molecular complexity index is 1560. The summed E-state index contributed by atoms with van der Waals surface area (Å²) in [5.41, 5.74) is 1.50. The van der Waals surface area contributed by atoms with Gasteiger partial charge in [-0.3, -0.25) is 0 Å². The van der Waals surface area contributed by atoms with Gasteiger partial charge < -0.3 is 24.6 Å². The van der Waals surface area contributed by atoms with Crippen LogP contribution in [-0.4, -0.2) is 29.3 Å². The summed E-state index contributed by atoms with van der Waals surface area (Å²) in [4.78, 5) is 8.81. The van der Waals surface area contributed by atoms with Crippen LogP contribution in [0.5, 0.6) is 11.5 Å². The van der Waals surface area contributed by atoms with Crippen molar-refractivity contribution < 1.29 is 27.2 Å². The van der Waals surface area contributed by atoms with E-state index in [1.165, 1.54) is 19.2 Å². The highest BCUT2D eigenvalue weighted by atomic mass is 35.5. The van der Waals surface area contributed by atoms with Gasteiger partial charge in [-0.15, -0.1) is 0 Å². The number of hydrogen-bond acceptors (Lipinski definition) is 8. The van der Waals surface area contributed by atoms with Gasteiger partial charge in [0.2, 0.25) is 5.82 Å². The number of methoxy groups -OCH3 is 1. The van der Waals surface area contributed by atoms with Gasteiger partial charge in [-0.25, -0.2) is 4.99 Å². The fourth-order valence-electron chi connectivity index (χ4n) is 3.88. The first-order valence-electron chi connectivity index (χ1n) is 11.5. The maximum Gasteiger partial charge on any atom is 0.416 e. The molecular formula is C26H20Cl2F3N5O3. The lowest BCUT2D eigenvalue weighted by atomic mass is 10.1. The fraction of sp³-hybridized carbons (Fsp3) is 0.192. The first kappa shape index (κ1) is 26.6. The Kier molecular flexibility index (Phi) is 7.28. The van der Waals surface area contributed by atoms with Crippen molar-refractivity contribution in [3.05, 3.63) is 81.6 Å². The topological polar surface area (TPSA) is 93.8 Å². The number of alkyl halides is 3. The summed E-state index contributed by atoms with van der Waals surface area (Å²) >= 11 is 12.2. The van der Waals surface area contributed by atoms with Crippen LogP contribution in [0.25, 0.3) is 11.5 Å². The van der Waals surface area contributed by atoms with E-state index in [4.69, 9.17) is 37.2 Å². The smallest absolute Gasteiger partial charge is 0.416 e. The van der Waals surface area contributed by atoms with E-state index in [-0.39, 0.29) is 30.1 Å². The molecule has 0 fully saturated rings. The third kappa shape index (κ3) is 5.89. The third-order valence-corrected chi connectivity index (χ3v) is 6.43. The Morgan fingerprint density at radius 2 is 1.87 bits per heavy atom. The highest BCUT2D eigenvalue weighted by molar-refractivity contribution is 6.42. The minimum atomic E-state index is -4.49. The normalized spacial score (nSPS) is 14.7. The molecule has 1 unspecified atom stereocenters. The van der Waals surface area contributed by atoms with Crippen LogP contribution >= 0.6 is 23.2 Å². The van der Waals surface area contributed by atoms with E-state index < -0.39 is 11.7 Å². The van der Waals surface area contributed by atoms with Gasteiger partial charge in [0.25, 0.3) is 5.89 Å². The number of aromatic nitrogens is 2. The lowest BCUT2D eigenvalue weighted by Crippen LogP contribution is -2.27. The van der Waals surface area contributed by atoms with Gasteiger partial charge in [0, 0.05) is 22.9 Å². The van der Waals surface area contributed by atoms with Gasteiger partial charge in [0.1, 0.15) is 12.0 Å². The lowest BCUT2D eigenvalue weighted by Gasteiger charge is -2.25. The third-order valence-electron chi connectivity index (χ3n) is 5.69. The molecule has 202 valence electrons. The van der Waals surface area contributed by atoms with Crippen LogP contribution in [0.15, 0.2) is 64.1 Å². The van der Waals surface area contributed by atoms with Crippen LogP contribution in [-0.2, 0) is 12.8 Å². The van der Waals surface area contributed by atoms with Crippen molar-refractivity contribution in [1.29, 1.82) is 0 Å². The Balaban J connectivity index is 1.35. The second kappa shape index (κ2) is 10.7. The van der Waals surface area contributed by atoms with Crippen LogP contribution in [0.3, 0.4) is 0 Å². The molecule has 0 spiro atoms. The maximum atomic E-state index is 13.1. The summed E-state index contributed by atoms with van der Waals surface area (Å²) in [6.45, 7) is 1.77. The largest absolute Gasteiger partial charge is 0.493 e. The monoisotopic (exact) mass is 577 g/mol. The Morgan fingerprint density at radius 1 is 1.05 bits per heavy atom. The number of rotatable bonds is 6. The van der Waals surface area contributed by atoms with Crippen molar-refractivity contribution in [2.45, 2.75) is 25.9 Å². The van der Waals surface area contributed by atoms with Gasteiger partial charge in [-0.2, -0.15) is 18.2 Å². The molecule has 0 aliphatic carbocycles. The van der Waals surface area contributed by atoms with Crippen LogP contribution in [0.2, 0.25) is 10.0 Å². The minimum Gasteiger partial charge on any atom is -0.493 e. The van der Waals surface area contributed by atoms with Gasteiger partial charge in [0.15, 0.2) is 18.1 Å². The van der Waals surface area contributed by atoms with E-state index in [0.29, 0.717) is 33.1 Å². The van der Waals surface area contributed by atoms with Crippen LogP contribution in [0.4, 0.5) is 24.5 Å². The molecule has 39 heavy (non-hydrogen) atoms. The van der Waals surface area contributed by atoms with E-state index in [1.807, 2.05) is 6.92 Å². The minimum absolute atomic E-state index is 0.0539. The molecule has 4 aromatic rings. The number of fused-ring (bicyclic) bond motifs is 1. The van der Waals surface area contributed by atoms with Crippen molar-refractivity contribution in [2.75, 3.05) is 17.7 Å². The summed E-state index contributed by atoms with van der Waals surface area (Å²) in [5.74, 6) is 1.48. The predicted molar refractivity (Wildman–Crippen MR) is 142 cm³/mol. The van der Waals surface area contributed by atoms with Crippen LogP contribution < -0.4 is 20.1 Å². The standard InChI is InChI=1S/C26H20Cl2F3N5O3/c1-13-32-20-11-22(21(37-2)10-17(20)24(33-13)34-16-6-7-18(27)19(28)9-16)38-12-23-35-25(39-36-23)14-4-3-5-15(8-14)26(29,30)31/h3-11,13,32H,12H2,1-2H3,(H,33,34). The summed E-state index contributed by atoms with van der Waals surface area (Å²) in [6, 6.07) is 13.3. The van der Waals surface area contributed by atoms with Gasteiger partial charge in [-0.05, 0) is 49.4 Å². The number of halogens is 5. The molecule has 2 heterocycles. The van der Waals surface area contributed by atoms with Crippen molar-refractivity contribution in [3.63, 3.8) is 0 Å². The van der Waals surface area contributed by atoms with E-state index in [0.717, 1.165) is 23.4 Å². The molecule has 0 saturated heterocycles. The molecule has 1 aliphatic heterocycles. The molecule has 1 aromatic heterocycles. The van der Waals surface area contributed by atoms with Crippen molar-refractivity contribution in [2.24, 2.45) is 4.99 Å². The summed E-state index contributed by atoms with van der Waals surface area (Å²) < 4.78 is 55.8. The zero-order valence-corrected chi connectivity index (χ0v) is 21.9. The molecule has 0 radical (unpaired) electrons. The zero-order valence-electron chi connectivity index (χ0n) is 20.4. The molecule has 2 N–H and O–H groups in total. The number of anilines is 2. The number of nitrogens with one attached hydrogen (secondary N) is 2. The highest BCUT2D eigenvalue weighted by Gasteiger charge is 2.31. The number of ether oxygens (including phenoxy) is 2. The van der Waals surface area contributed by atoms with Gasteiger partial charge >= 0.3 is 6.18 Å².